The minimum atomic E-state index is -0.00662. The van der Waals surface area contributed by atoms with E-state index in [0.717, 1.165) is 12.1 Å². The second-order valence-corrected chi connectivity index (χ2v) is 3.74. The van der Waals surface area contributed by atoms with Gasteiger partial charge in [0.1, 0.15) is 0 Å². The van der Waals surface area contributed by atoms with Crippen LogP contribution in [0.2, 0.25) is 0 Å². The fourth-order valence-electron chi connectivity index (χ4n) is 1.53. The molecule has 0 aromatic carbocycles. The molecule has 0 atom stereocenters. The van der Waals surface area contributed by atoms with E-state index in [0.29, 0.717) is 18.7 Å². The van der Waals surface area contributed by atoms with E-state index >= 15 is 0 Å². The Labute approximate surface area is 102 Å². The number of rotatable bonds is 6. The third-order valence-electron chi connectivity index (χ3n) is 2.51. The number of amides is 1. The Hall–Kier alpha value is -1.62. The standard InChI is InChI=1S/C12H19N3O2/c1-13-11-9-14-6-5-10(11)12(16)15(2)7-4-8-17-3/h5-6,9,13H,4,7-8H2,1-3H3. The monoisotopic (exact) mass is 237 g/mol. The van der Waals surface area contributed by atoms with Crippen molar-refractivity contribution >= 4 is 11.6 Å². The Kier molecular flexibility index (Phi) is 5.42. The molecule has 0 unspecified atom stereocenters. The van der Waals surface area contributed by atoms with Gasteiger partial charge in [-0.2, -0.15) is 0 Å². The van der Waals surface area contributed by atoms with Crippen LogP contribution in [0.1, 0.15) is 16.8 Å². The molecule has 1 aromatic heterocycles. The third-order valence-corrected chi connectivity index (χ3v) is 2.51. The Morgan fingerprint density at radius 2 is 2.35 bits per heavy atom. The van der Waals surface area contributed by atoms with E-state index in [1.807, 2.05) is 0 Å². The fraction of sp³-hybridized carbons (Fsp3) is 0.500. The molecule has 94 valence electrons. The lowest BCUT2D eigenvalue weighted by Gasteiger charge is -2.18. The molecule has 0 radical (unpaired) electrons. The normalized spacial score (nSPS) is 10.1. The van der Waals surface area contributed by atoms with Gasteiger partial charge < -0.3 is 15.0 Å². The molecule has 5 heteroatoms. The number of pyridine rings is 1. The van der Waals surface area contributed by atoms with Crippen LogP contribution < -0.4 is 5.32 Å². The molecule has 1 N–H and O–H groups in total. The number of nitrogens with one attached hydrogen (secondary N) is 1. The lowest BCUT2D eigenvalue weighted by molar-refractivity contribution is 0.0780. The van der Waals surface area contributed by atoms with Gasteiger partial charge in [0.2, 0.25) is 0 Å². The van der Waals surface area contributed by atoms with Crippen LogP contribution in [0.25, 0.3) is 0 Å². The summed E-state index contributed by atoms with van der Waals surface area (Å²) in [5.41, 5.74) is 1.39. The van der Waals surface area contributed by atoms with Crippen molar-refractivity contribution in [1.29, 1.82) is 0 Å². The van der Waals surface area contributed by atoms with Crippen LogP contribution >= 0.6 is 0 Å². The minimum absolute atomic E-state index is 0.00662. The highest BCUT2D eigenvalue weighted by Crippen LogP contribution is 2.14. The quantitative estimate of drug-likeness (QED) is 0.756. The van der Waals surface area contributed by atoms with Crippen LogP contribution in [0, 0.1) is 0 Å². The summed E-state index contributed by atoms with van der Waals surface area (Å²) in [5.74, 6) is -0.00662. The molecule has 0 fully saturated rings. The van der Waals surface area contributed by atoms with Crippen molar-refractivity contribution in [2.24, 2.45) is 0 Å². The van der Waals surface area contributed by atoms with Gasteiger partial charge in [-0.05, 0) is 12.5 Å². The van der Waals surface area contributed by atoms with E-state index in [1.165, 1.54) is 0 Å². The molecule has 1 heterocycles. The van der Waals surface area contributed by atoms with E-state index in [1.54, 1.807) is 44.6 Å². The maximum Gasteiger partial charge on any atom is 0.255 e. The van der Waals surface area contributed by atoms with E-state index in [4.69, 9.17) is 4.74 Å². The van der Waals surface area contributed by atoms with Crippen LogP contribution in [0.3, 0.4) is 0 Å². The fourth-order valence-corrected chi connectivity index (χ4v) is 1.53. The number of methoxy groups -OCH3 is 1. The predicted molar refractivity (Wildman–Crippen MR) is 67.2 cm³/mol. The largest absolute Gasteiger partial charge is 0.386 e. The molecule has 0 bridgehead atoms. The maximum absolute atomic E-state index is 12.1. The van der Waals surface area contributed by atoms with E-state index in [2.05, 4.69) is 10.3 Å². The first kappa shape index (κ1) is 13.4. The van der Waals surface area contributed by atoms with Crippen molar-refractivity contribution in [2.45, 2.75) is 6.42 Å². The molecule has 0 aliphatic rings. The first-order valence-corrected chi connectivity index (χ1v) is 5.57. The van der Waals surface area contributed by atoms with Gasteiger partial charge in [-0.15, -0.1) is 0 Å². The van der Waals surface area contributed by atoms with Gasteiger partial charge in [-0.1, -0.05) is 0 Å². The maximum atomic E-state index is 12.1. The number of ether oxygens (including phenoxy) is 1. The Morgan fingerprint density at radius 1 is 1.59 bits per heavy atom. The van der Waals surface area contributed by atoms with Crippen molar-refractivity contribution in [3.63, 3.8) is 0 Å². The third kappa shape index (κ3) is 3.71. The molecule has 17 heavy (non-hydrogen) atoms. The molecular formula is C12H19N3O2. The molecule has 1 aromatic rings. The topological polar surface area (TPSA) is 54.5 Å². The zero-order valence-electron chi connectivity index (χ0n) is 10.6. The van der Waals surface area contributed by atoms with Gasteiger partial charge in [0.25, 0.3) is 5.91 Å². The van der Waals surface area contributed by atoms with E-state index in [9.17, 15) is 4.79 Å². The van der Waals surface area contributed by atoms with Crippen LogP contribution in [0.15, 0.2) is 18.5 Å². The Balaban J connectivity index is 2.67. The summed E-state index contributed by atoms with van der Waals surface area (Å²) in [6.45, 7) is 1.34. The van der Waals surface area contributed by atoms with Gasteiger partial charge in [-0.3, -0.25) is 9.78 Å². The number of hydrogen-bond acceptors (Lipinski definition) is 4. The van der Waals surface area contributed by atoms with Crippen molar-refractivity contribution < 1.29 is 9.53 Å². The molecule has 1 amide bonds. The van der Waals surface area contributed by atoms with Crippen LogP contribution in [-0.4, -0.2) is 50.1 Å². The molecule has 1 rings (SSSR count). The minimum Gasteiger partial charge on any atom is -0.386 e. The molecular weight excluding hydrogens is 218 g/mol. The summed E-state index contributed by atoms with van der Waals surface area (Å²) < 4.78 is 4.96. The molecule has 0 saturated carbocycles. The smallest absolute Gasteiger partial charge is 0.255 e. The SMILES string of the molecule is CNc1cnccc1C(=O)N(C)CCCOC. The second-order valence-electron chi connectivity index (χ2n) is 3.74. The van der Waals surface area contributed by atoms with Gasteiger partial charge in [0.15, 0.2) is 0 Å². The molecule has 0 aliphatic carbocycles. The van der Waals surface area contributed by atoms with Crippen molar-refractivity contribution in [3.05, 3.63) is 24.0 Å². The number of carbonyl (C=O) groups is 1. The molecule has 0 saturated heterocycles. The summed E-state index contributed by atoms with van der Waals surface area (Å²) in [7, 11) is 5.22. The molecule has 0 aliphatic heterocycles. The summed E-state index contributed by atoms with van der Waals surface area (Å²) in [4.78, 5) is 17.8. The molecule has 5 nitrogen and oxygen atoms in total. The van der Waals surface area contributed by atoms with Crippen LogP contribution in [0.4, 0.5) is 5.69 Å². The number of hydrogen-bond donors (Lipinski definition) is 1. The van der Waals surface area contributed by atoms with Gasteiger partial charge in [0.05, 0.1) is 17.4 Å². The van der Waals surface area contributed by atoms with Crippen LogP contribution in [0.5, 0.6) is 0 Å². The highest BCUT2D eigenvalue weighted by molar-refractivity contribution is 5.99. The molecule has 0 spiro atoms. The van der Waals surface area contributed by atoms with Gasteiger partial charge in [0, 0.05) is 40.6 Å². The lowest BCUT2D eigenvalue weighted by atomic mass is 10.2. The van der Waals surface area contributed by atoms with E-state index in [-0.39, 0.29) is 5.91 Å². The second kappa shape index (κ2) is 6.85. The number of nitrogens with zero attached hydrogens (tertiary/aromatic N) is 2. The zero-order valence-corrected chi connectivity index (χ0v) is 10.6. The predicted octanol–water partition coefficient (Wildman–Crippen LogP) is 1.23. The van der Waals surface area contributed by atoms with E-state index < -0.39 is 0 Å². The lowest BCUT2D eigenvalue weighted by Crippen LogP contribution is -2.29. The van der Waals surface area contributed by atoms with Crippen molar-refractivity contribution in [2.75, 3.05) is 39.7 Å². The van der Waals surface area contributed by atoms with Crippen LogP contribution in [-0.2, 0) is 4.74 Å². The van der Waals surface area contributed by atoms with Gasteiger partial charge in [-0.25, -0.2) is 0 Å². The highest BCUT2D eigenvalue weighted by atomic mass is 16.5. The van der Waals surface area contributed by atoms with Crippen molar-refractivity contribution in [3.8, 4) is 0 Å². The number of anilines is 1. The average Bonchev–Trinajstić information content (AvgIpc) is 2.38. The van der Waals surface area contributed by atoms with Gasteiger partial charge >= 0.3 is 0 Å². The summed E-state index contributed by atoms with van der Waals surface area (Å²) in [6, 6.07) is 1.72. The van der Waals surface area contributed by atoms with Crippen molar-refractivity contribution in [1.82, 2.24) is 9.88 Å². The first-order chi connectivity index (χ1) is 8.20. The summed E-state index contributed by atoms with van der Waals surface area (Å²) in [6.07, 6.45) is 4.10. The number of carbonyl (C=O) groups excluding carboxylic acids is 1. The zero-order chi connectivity index (χ0) is 12.7. The number of aromatic nitrogens is 1. The Bertz CT molecular complexity index is 369. The highest BCUT2D eigenvalue weighted by Gasteiger charge is 2.14. The summed E-state index contributed by atoms with van der Waals surface area (Å²) >= 11 is 0. The Morgan fingerprint density at radius 3 is 3.00 bits per heavy atom. The average molecular weight is 237 g/mol. The first-order valence-electron chi connectivity index (χ1n) is 5.57. The summed E-state index contributed by atoms with van der Waals surface area (Å²) in [5, 5.41) is 2.96.